The minimum atomic E-state index is 0.192. The number of rotatable bonds is 7. The number of hydrogen-bond acceptors (Lipinski definition) is 3. The Morgan fingerprint density at radius 3 is 3.00 bits per heavy atom. The average Bonchev–Trinajstić information content (AvgIpc) is 2.94. The maximum Gasteiger partial charge on any atom is 0.137 e. The first-order valence-corrected chi connectivity index (χ1v) is 7.85. The van der Waals surface area contributed by atoms with Crippen LogP contribution in [0, 0.1) is 0 Å². The first-order chi connectivity index (χ1) is 9.69. The molecule has 1 aliphatic heterocycles. The Hall–Kier alpha value is -0.770. The van der Waals surface area contributed by atoms with Crippen molar-refractivity contribution < 1.29 is 9.47 Å². The number of benzene rings is 1. The van der Waals surface area contributed by atoms with E-state index in [1.165, 1.54) is 0 Å². The molecule has 2 unspecified atom stereocenters. The maximum atomic E-state index is 6.25. The van der Waals surface area contributed by atoms with Crippen molar-refractivity contribution in [3.8, 4) is 5.75 Å². The molecular weight excluding hydrogens is 274 g/mol. The molecule has 0 spiro atoms. The van der Waals surface area contributed by atoms with Crippen LogP contribution in [0.3, 0.4) is 0 Å². The molecule has 20 heavy (non-hydrogen) atoms. The maximum absolute atomic E-state index is 6.25. The van der Waals surface area contributed by atoms with Crippen molar-refractivity contribution in [3.63, 3.8) is 0 Å². The largest absolute Gasteiger partial charge is 0.492 e. The van der Waals surface area contributed by atoms with Crippen LogP contribution in [0.2, 0.25) is 5.02 Å². The highest BCUT2D eigenvalue weighted by Gasteiger charge is 2.15. The van der Waals surface area contributed by atoms with Gasteiger partial charge in [-0.05, 0) is 43.4 Å². The molecule has 4 heteroatoms. The summed E-state index contributed by atoms with van der Waals surface area (Å²) in [5.74, 6) is 0.749. The van der Waals surface area contributed by atoms with Gasteiger partial charge in [0.15, 0.2) is 0 Å². The van der Waals surface area contributed by atoms with Crippen LogP contribution >= 0.6 is 11.6 Å². The van der Waals surface area contributed by atoms with Gasteiger partial charge in [-0.25, -0.2) is 0 Å². The van der Waals surface area contributed by atoms with Gasteiger partial charge in [-0.15, -0.1) is 0 Å². The summed E-state index contributed by atoms with van der Waals surface area (Å²) in [5.41, 5.74) is 7.12. The molecule has 0 aliphatic carbocycles. The van der Waals surface area contributed by atoms with E-state index in [0.29, 0.717) is 17.7 Å². The normalized spacial score (nSPS) is 20.1. The summed E-state index contributed by atoms with van der Waals surface area (Å²) < 4.78 is 11.3. The summed E-state index contributed by atoms with van der Waals surface area (Å²) in [6.45, 7) is 3.63. The molecular formula is C16H24ClNO2. The Morgan fingerprint density at radius 1 is 1.50 bits per heavy atom. The van der Waals surface area contributed by atoms with Crippen LogP contribution in [0.4, 0.5) is 0 Å². The minimum Gasteiger partial charge on any atom is -0.492 e. The molecule has 1 aromatic rings. The van der Waals surface area contributed by atoms with Gasteiger partial charge in [0.05, 0.1) is 17.7 Å². The number of hydrogen-bond donors (Lipinski definition) is 1. The van der Waals surface area contributed by atoms with E-state index >= 15 is 0 Å². The van der Waals surface area contributed by atoms with Gasteiger partial charge in [0.2, 0.25) is 0 Å². The summed E-state index contributed by atoms with van der Waals surface area (Å²) >= 11 is 6.25. The summed E-state index contributed by atoms with van der Waals surface area (Å²) in [6.07, 6.45) is 5.42. The SMILES string of the molecule is CCC(N)Cc1ccc(OCCC2CCCO2)c(Cl)c1. The molecule has 112 valence electrons. The summed E-state index contributed by atoms with van der Waals surface area (Å²) in [7, 11) is 0. The molecule has 0 amide bonds. The Morgan fingerprint density at radius 2 is 2.35 bits per heavy atom. The zero-order valence-electron chi connectivity index (χ0n) is 12.1. The fraction of sp³-hybridized carbons (Fsp3) is 0.625. The van der Waals surface area contributed by atoms with E-state index in [4.69, 9.17) is 26.8 Å². The standard InChI is InChI=1S/C16H24ClNO2/c1-2-13(18)10-12-5-6-16(15(17)11-12)20-9-7-14-4-3-8-19-14/h5-6,11,13-14H,2-4,7-10,18H2,1H3. The van der Waals surface area contributed by atoms with Gasteiger partial charge in [-0.1, -0.05) is 24.6 Å². The van der Waals surface area contributed by atoms with Crippen molar-refractivity contribution in [2.24, 2.45) is 5.73 Å². The van der Waals surface area contributed by atoms with E-state index in [-0.39, 0.29) is 6.04 Å². The zero-order valence-corrected chi connectivity index (χ0v) is 12.9. The first-order valence-electron chi connectivity index (χ1n) is 7.47. The van der Waals surface area contributed by atoms with Crippen LogP contribution in [0.5, 0.6) is 5.75 Å². The molecule has 0 bridgehead atoms. The fourth-order valence-electron chi connectivity index (χ4n) is 2.41. The first kappa shape index (κ1) is 15.6. The van der Waals surface area contributed by atoms with E-state index in [0.717, 1.165) is 50.0 Å². The van der Waals surface area contributed by atoms with Crippen LogP contribution in [0.1, 0.15) is 38.2 Å². The Balaban J connectivity index is 1.82. The third kappa shape index (κ3) is 4.65. The van der Waals surface area contributed by atoms with Crippen LogP contribution < -0.4 is 10.5 Å². The molecule has 1 aromatic carbocycles. The summed E-state index contributed by atoms with van der Waals surface area (Å²) in [6, 6.07) is 6.13. The van der Waals surface area contributed by atoms with Gasteiger partial charge in [-0.2, -0.15) is 0 Å². The van der Waals surface area contributed by atoms with E-state index in [2.05, 4.69) is 6.92 Å². The third-order valence-corrected chi connectivity index (χ3v) is 4.04. The molecule has 1 heterocycles. The highest BCUT2D eigenvalue weighted by atomic mass is 35.5. The number of halogens is 1. The molecule has 2 rings (SSSR count). The second-order valence-corrected chi connectivity index (χ2v) is 5.82. The second-order valence-electron chi connectivity index (χ2n) is 5.41. The van der Waals surface area contributed by atoms with Gasteiger partial charge >= 0.3 is 0 Å². The lowest BCUT2D eigenvalue weighted by Gasteiger charge is -2.13. The smallest absolute Gasteiger partial charge is 0.137 e. The third-order valence-electron chi connectivity index (χ3n) is 3.74. The van der Waals surface area contributed by atoms with Crippen LogP contribution in [0.25, 0.3) is 0 Å². The highest BCUT2D eigenvalue weighted by Crippen LogP contribution is 2.26. The average molecular weight is 298 g/mol. The predicted molar refractivity (Wildman–Crippen MR) is 82.5 cm³/mol. The molecule has 0 saturated carbocycles. The van der Waals surface area contributed by atoms with Gasteiger partial charge in [0.1, 0.15) is 5.75 Å². The molecule has 1 aliphatic rings. The Kier molecular flexibility index (Phi) is 6.14. The Bertz CT molecular complexity index is 419. The lowest BCUT2D eigenvalue weighted by atomic mass is 10.0. The Labute approximate surface area is 126 Å². The zero-order chi connectivity index (χ0) is 14.4. The molecule has 1 saturated heterocycles. The van der Waals surface area contributed by atoms with Crippen LogP contribution in [-0.2, 0) is 11.2 Å². The van der Waals surface area contributed by atoms with E-state index in [9.17, 15) is 0 Å². The van der Waals surface area contributed by atoms with Crippen molar-refractivity contribution in [2.75, 3.05) is 13.2 Å². The van der Waals surface area contributed by atoms with Crippen molar-refractivity contribution >= 4 is 11.6 Å². The molecule has 0 radical (unpaired) electrons. The fourth-order valence-corrected chi connectivity index (χ4v) is 2.67. The van der Waals surface area contributed by atoms with E-state index in [1.54, 1.807) is 0 Å². The second kappa shape index (κ2) is 7.87. The monoisotopic (exact) mass is 297 g/mol. The minimum absolute atomic E-state index is 0.192. The van der Waals surface area contributed by atoms with E-state index in [1.807, 2.05) is 18.2 Å². The molecule has 1 fully saturated rings. The van der Waals surface area contributed by atoms with Gasteiger partial charge in [0.25, 0.3) is 0 Å². The van der Waals surface area contributed by atoms with Gasteiger partial charge < -0.3 is 15.2 Å². The van der Waals surface area contributed by atoms with Gasteiger partial charge in [0, 0.05) is 19.1 Å². The molecule has 2 N–H and O–H groups in total. The highest BCUT2D eigenvalue weighted by molar-refractivity contribution is 6.32. The van der Waals surface area contributed by atoms with Crippen LogP contribution in [-0.4, -0.2) is 25.4 Å². The topological polar surface area (TPSA) is 44.5 Å². The molecule has 3 nitrogen and oxygen atoms in total. The quantitative estimate of drug-likeness (QED) is 0.837. The summed E-state index contributed by atoms with van der Waals surface area (Å²) in [4.78, 5) is 0. The number of nitrogens with two attached hydrogens (primary N) is 1. The number of ether oxygens (including phenoxy) is 2. The predicted octanol–water partition coefficient (Wildman–Crippen LogP) is 3.57. The van der Waals surface area contributed by atoms with Crippen molar-refractivity contribution in [2.45, 2.75) is 51.2 Å². The summed E-state index contributed by atoms with van der Waals surface area (Å²) in [5, 5.41) is 0.665. The molecule has 0 aromatic heterocycles. The van der Waals surface area contributed by atoms with Crippen molar-refractivity contribution in [1.29, 1.82) is 0 Å². The lowest BCUT2D eigenvalue weighted by Crippen LogP contribution is -2.21. The lowest BCUT2D eigenvalue weighted by molar-refractivity contribution is 0.0904. The van der Waals surface area contributed by atoms with E-state index < -0.39 is 0 Å². The van der Waals surface area contributed by atoms with Crippen LogP contribution in [0.15, 0.2) is 18.2 Å². The van der Waals surface area contributed by atoms with Crippen molar-refractivity contribution in [3.05, 3.63) is 28.8 Å². The van der Waals surface area contributed by atoms with Gasteiger partial charge in [-0.3, -0.25) is 0 Å². The molecule has 2 atom stereocenters. The van der Waals surface area contributed by atoms with Crippen molar-refractivity contribution in [1.82, 2.24) is 0 Å².